The second-order valence-corrected chi connectivity index (χ2v) is 9.61. The van der Waals surface area contributed by atoms with Crippen molar-refractivity contribution in [3.8, 4) is 11.1 Å². The second kappa shape index (κ2) is 9.56. The van der Waals surface area contributed by atoms with Gasteiger partial charge in [-0.15, -0.1) is 0 Å². The number of benzene rings is 2. The normalized spacial score (nSPS) is 13.6. The summed E-state index contributed by atoms with van der Waals surface area (Å²) in [5.41, 5.74) is -4.52. The molecule has 0 N–H and O–H groups in total. The number of nitro benzene ring substituents is 4. The van der Waals surface area contributed by atoms with Gasteiger partial charge in [0.25, 0.3) is 22.7 Å². The van der Waals surface area contributed by atoms with Crippen molar-refractivity contribution in [1.82, 2.24) is 0 Å². The predicted molar refractivity (Wildman–Crippen MR) is 131 cm³/mol. The molecule has 2 aromatic rings. The Morgan fingerprint density at radius 2 is 1.03 bits per heavy atom. The van der Waals surface area contributed by atoms with Crippen LogP contribution in [-0.4, -0.2) is 45.9 Å². The van der Waals surface area contributed by atoms with Crippen LogP contribution >= 0.6 is 23.5 Å². The van der Waals surface area contributed by atoms with Gasteiger partial charge in [0.05, 0.1) is 61.4 Å². The molecule has 0 aromatic heterocycles. The molecule has 1 aliphatic heterocycles. The maximum Gasteiger partial charge on any atom is 0.346 e. The summed E-state index contributed by atoms with van der Waals surface area (Å²) in [5, 5.41) is 47.0. The number of fused-ring (bicyclic) bond motifs is 3. The lowest BCUT2D eigenvalue weighted by Gasteiger charge is -2.07. The first-order chi connectivity index (χ1) is 17.9. The summed E-state index contributed by atoms with van der Waals surface area (Å²) in [6, 6.07) is 3.09. The summed E-state index contributed by atoms with van der Waals surface area (Å²) in [7, 11) is 2.08. The highest BCUT2D eigenvalue weighted by molar-refractivity contribution is 8.29. The number of non-ortho nitro benzene ring substituents is 2. The van der Waals surface area contributed by atoms with Gasteiger partial charge in [-0.1, -0.05) is 23.5 Å². The van der Waals surface area contributed by atoms with Crippen molar-refractivity contribution in [2.75, 3.05) is 14.2 Å². The fourth-order valence-corrected chi connectivity index (χ4v) is 6.48. The number of rotatable bonds is 6. The number of ether oxygens (including phenoxy) is 2. The van der Waals surface area contributed by atoms with Crippen molar-refractivity contribution in [3.05, 3.63) is 89.9 Å². The summed E-state index contributed by atoms with van der Waals surface area (Å²) in [6.07, 6.45) is 0. The van der Waals surface area contributed by atoms with Crippen LogP contribution in [0.1, 0.15) is 11.1 Å². The standard InChI is InChI=1S/C20H10N4O12S2/c1-35-18(25)16-17(19(26)36-2)38-20(37-16)13-9-3-7(21(27)28)5-11(23(31)32)14(9)15-10(13)4-8(22(29)30)6-12(15)24(33)34/h3-6H,1-2H3. The highest BCUT2D eigenvalue weighted by Crippen LogP contribution is 2.61. The first-order valence-electron chi connectivity index (χ1n) is 9.86. The molecule has 1 heterocycles. The quantitative estimate of drug-likeness (QED) is 0.235. The Bertz CT molecular complexity index is 1480. The topological polar surface area (TPSA) is 225 Å². The highest BCUT2D eigenvalue weighted by Gasteiger charge is 2.44. The smallest absolute Gasteiger partial charge is 0.346 e. The fourth-order valence-electron chi connectivity index (χ4n) is 3.86. The molecule has 0 bridgehead atoms. The van der Waals surface area contributed by atoms with Crippen LogP contribution < -0.4 is 0 Å². The van der Waals surface area contributed by atoms with E-state index in [-0.39, 0.29) is 41.9 Å². The molecular weight excluding hydrogens is 552 g/mol. The van der Waals surface area contributed by atoms with Crippen LogP contribution in [0, 0.1) is 40.5 Å². The maximum atomic E-state index is 12.4. The number of methoxy groups -OCH3 is 2. The van der Waals surface area contributed by atoms with E-state index in [9.17, 15) is 50.0 Å². The van der Waals surface area contributed by atoms with Gasteiger partial charge in [-0.2, -0.15) is 0 Å². The molecule has 18 heteroatoms. The summed E-state index contributed by atoms with van der Waals surface area (Å²) in [6.45, 7) is 0. The van der Waals surface area contributed by atoms with Crippen LogP contribution in [0.25, 0.3) is 16.7 Å². The fraction of sp³-hybridized carbons (Fsp3) is 0.100. The molecule has 0 unspecified atom stereocenters. The minimum Gasteiger partial charge on any atom is -0.465 e. The van der Waals surface area contributed by atoms with Crippen LogP contribution in [0.2, 0.25) is 0 Å². The SMILES string of the molecule is COC(=O)C1=C(C(=O)OC)SC(=C2c3cc([N+](=O)[O-])cc([N+](=O)[O-])c3-c3c2cc([N+](=O)[O-])cc3[N+](=O)[O-])S1. The van der Waals surface area contributed by atoms with Gasteiger partial charge in [-0.3, -0.25) is 40.5 Å². The van der Waals surface area contributed by atoms with E-state index in [0.717, 1.165) is 26.4 Å². The minimum absolute atomic E-state index is 0.0235. The first kappa shape index (κ1) is 26.2. The van der Waals surface area contributed by atoms with E-state index in [4.69, 9.17) is 9.47 Å². The van der Waals surface area contributed by atoms with Gasteiger partial charge in [-0.05, 0) is 0 Å². The van der Waals surface area contributed by atoms with Crippen molar-refractivity contribution in [3.63, 3.8) is 0 Å². The monoisotopic (exact) mass is 562 g/mol. The Balaban J connectivity index is 2.17. The Kier molecular flexibility index (Phi) is 6.60. The van der Waals surface area contributed by atoms with Crippen LogP contribution in [0.3, 0.4) is 0 Å². The third kappa shape index (κ3) is 4.10. The van der Waals surface area contributed by atoms with Crippen LogP contribution in [-0.2, 0) is 19.1 Å². The Hall–Kier alpha value is -4.84. The zero-order chi connectivity index (χ0) is 28.0. The largest absolute Gasteiger partial charge is 0.465 e. The van der Waals surface area contributed by atoms with Gasteiger partial charge in [-0.25, -0.2) is 9.59 Å². The maximum absolute atomic E-state index is 12.4. The van der Waals surface area contributed by atoms with E-state index in [1.807, 2.05) is 0 Å². The molecule has 1 aliphatic carbocycles. The number of carbonyl (C=O) groups excluding carboxylic acids is 2. The van der Waals surface area contributed by atoms with E-state index in [1.165, 1.54) is 0 Å². The summed E-state index contributed by atoms with van der Waals surface area (Å²) < 4.78 is 9.41. The molecule has 0 fully saturated rings. The number of esters is 2. The van der Waals surface area contributed by atoms with Crippen molar-refractivity contribution < 1.29 is 38.8 Å². The molecular formula is C20H10N4O12S2. The number of nitrogens with zero attached hydrogens (tertiary/aromatic N) is 4. The molecule has 0 saturated heterocycles. The molecule has 4 rings (SSSR count). The number of hydrogen-bond donors (Lipinski definition) is 0. The molecule has 0 radical (unpaired) electrons. The Morgan fingerprint density at radius 3 is 1.32 bits per heavy atom. The average Bonchev–Trinajstić information content (AvgIpc) is 3.45. The lowest BCUT2D eigenvalue weighted by atomic mass is 10.0. The van der Waals surface area contributed by atoms with Gasteiger partial charge in [0, 0.05) is 28.8 Å². The van der Waals surface area contributed by atoms with E-state index in [0.29, 0.717) is 35.7 Å². The molecule has 0 atom stereocenters. The van der Waals surface area contributed by atoms with Gasteiger partial charge in [0.15, 0.2) is 0 Å². The van der Waals surface area contributed by atoms with Crippen LogP contribution in [0.4, 0.5) is 22.7 Å². The number of thioether (sulfide) groups is 2. The first-order valence-corrected chi connectivity index (χ1v) is 11.5. The van der Waals surface area contributed by atoms with E-state index in [1.54, 1.807) is 0 Å². The number of carbonyl (C=O) groups is 2. The van der Waals surface area contributed by atoms with Crippen molar-refractivity contribution in [1.29, 1.82) is 0 Å². The van der Waals surface area contributed by atoms with Crippen molar-refractivity contribution >= 4 is 63.8 Å². The predicted octanol–water partition coefficient (Wildman–Crippen LogP) is 4.05. The summed E-state index contributed by atoms with van der Waals surface area (Å²) in [4.78, 5) is 67.5. The van der Waals surface area contributed by atoms with Gasteiger partial charge in [0.2, 0.25) is 0 Å². The second-order valence-electron chi connectivity index (χ2n) is 7.31. The molecule has 0 saturated carbocycles. The molecule has 16 nitrogen and oxygen atoms in total. The lowest BCUT2D eigenvalue weighted by molar-refractivity contribution is -0.395. The number of nitro groups is 4. The van der Waals surface area contributed by atoms with E-state index in [2.05, 4.69) is 0 Å². The van der Waals surface area contributed by atoms with Crippen molar-refractivity contribution in [2.45, 2.75) is 0 Å². The number of hydrogen-bond acceptors (Lipinski definition) is 14. The summed E-state index contributed by atoms with van der Waals surface area (Å²) in [5.74, 6) is -1.90. The molecule has 2 aliphatic rings. The van der Waals surface area contributed by atoms with Gasteiger partial charge in [0.1, 0.15) is 9.81 Å². The molecule has 0 amide bonds. The zero-order valence-corrected chi connectivity index (χ0v) is 20.4. The summed E-state index contributed by atoms with van der Waals surface area (Å²) >= 11 is 1.29. The highest BCUT2D eigenvalue weighted by atomic mass is 32.2. The van der Waals surface area contributed by atoms with Crippen LogP contribution in [0.15, 0.2) is 38.3 Å². The Morgan fingerprint density at radius 1 is 0.658 bits per heavy atom. The molecule has 194 valence electrons. The lowest BCUT2D eigenvalue weighted by Crippen LogP contribution is -2.08. The molecule has 0 spiro atoms. The van der Waals surface area contributed by atoms with E-state index >= 15 is 0 Å². The third-order valence-electron chi connectivity index (χ3n) is 5.35. The van der Waals surface area contributed by atoms with Crippen LogP contribution in [0.5, 0.6) is 0 Å². The molecule has 2 aromatic carbocycles. The molecule has 38 heavy (non-hydrogen) atoms. The zero-order valence-electron chi connectivity index (χ0n) is 18.8. The average molecular weight is 562 g/mol. The van der Waals surface area contributed by atoms with E-state index < -0.39 is 54.4 Å². The van der Waals surface area contributed by atoms with Crippen molar-refractivity contribution in [2.24, 2.45) is 0 Å². The third-order valence-corrected chi connectivity index (χ3v) is 7.91. The van der Waals surface area contributed by atoms with Gasteiger partial charge < -0.3 is 9.47 Å². The minimum atomic E-state index is -0.971. The van der Waals surface area contributed by atoms with Gasteiger partial charge >= 0.3 is 11.9 Å². The Labute approximate surface area is 217 Å².